The van der Waals surface area contributed by atoms with E-state index in [2.05, 4.69) is 10.5 Å². The van der Waals surface area contributed by atoms with Crippen molar-refractivity contribution in [2.24, 2.45) is 22.7 Å². The number of rotatable bonds is 3. The molecule has 2 unspecified atom stereocenters. The second-order valence-corrected chi connectivity index (χ2v) is 4.41. The van der Waals surface area contributed by atoms with E-state index in [9.17, 15) is 18.0 Å². The highest BCUT2D eigenvalue weighted by atomic mass is 19.4. The molecule has 104 valence electrons. The molecule has 1 saturated carbocycles. The number of amides is 1. The summed E-state index contributed by atoms with van der Waals surface area (Å²) in [6.07, 6.45) is -3.54. The van der Waals surface area contributed by atoms with Crippen LogP contribution in [0.4, 0.5) is 13.2 Å². The summed E-state index contributed by atoms with van der Waals surface area (Å²) < 4.78 is 37.6. The first-order chi connectivity index (χ1) is 8.34. The monoisotopic (exact) mass is 267 g/mol. The van der Waals surface area contributed by atoms with Gasteiger partial charge in [-0.2, -0.15) is 13.2 Å². The maximum Gasteiger partial charge on any atom is 0.391 e. The van der Waals surface area contributed by atoms with Crippen LogP contribution in [0.3, 0.4) is 0 Å². The molecule has 4 N–H and O–H groups in total. The zero-order chi connectivity index (χ0) is 13.8. The SMILES string of the molecule is NC(CNC(=O)C1CCCC(C(F)(F)F)C1)=NO. The van der Waals surface area contributed by atoms with Gasteiger partial charge in [-0.25, -0.2) is 0 Å². The molecule has 2 atom stereocenters. The Hall–Kier alpha value is -1.47. The number of halogens is 3. The Morgan fingerprint density at radius 2 is 2.11 bits per heavy atom. The lowest BCUT2D eigenvalue weighted by Gasteiger charge is -2.29. The molecule has 1 aliphatic rings. The van der Waals surface area contributed by atoms with Crippen molar-refractivity contribution >= 4 is 11.7 Å². The van der Waals surface area contributed by atoms with Crippen LogP contribution in [0.25, 0.3) is 0 Å². The number of alkyl halides is 3. The van der Waals surface area contributed by atoms with E-state index in [4.69, 9.17) is 10.9 Å². The minimum Gasteiger partial charge on any atom is -0.409 e. The maximum absolute atomic E-state index is 12.5. The molecule has 0 aliphatic heterocycles. The molecule has 5 nitrogen and oxygen atoms in total. The molecule has 1 rings (SSSR count). The first-order valence-electron chi connectivity index (χ1n) is 5.65. The third-order valence-electron chi connectivity index (χ3n) is 3.08. The topological polar surface area (TPSA) is 87.7 Å². The zero-order valence-corrected chi connectivity index (χ0v) is 9.70. The van der Waals surface area contributed by atoms with E-state index in [1.165, 1.54) is 0 Å². The first-order valence-corrected chi connectivity index (χ1v) is 5.65. The normalized spacial score (nSPS) is 25.8. The van der Waals surface area contributed by atoms with Gasteiger partial charge in [0.05, 0.1) is 12.5 Å². The minimum atomic E-state index is -4.25. The lowest BCUT2D eigenvalue weighted by Crippen LogP contribution is -2.40. The third kappa shape index (κ3) is 4.08. The maximum atomic E-state index is 12.5. The van der Waals surface area contributed by atoms with Gasteiger partial charge in [-0.05, 0) is 19.3 Å². The number of nitrogens with one attached hydrogen (secondary N) is 1. The minimum absolute atomic E-state index is 0.0769. The van der Waals surface area contributed by atoms with Crippen LogP contribution in [0, 0.1) is 11.8 Å². The van der Waals surface area contributed by atoms with Crippen molar-refractivity contribution in [2.75, 3.05) is 6.54 Å². The van der Waals surface area contributed by atoms with E-state index in [1.807, 2.05) is 0 Å². The van der Waals surface area contributed by atoms with Crippen LogP contribution in [-0.4, -0.2) is 29.7 Å². The van der Waals surface area contributed by atoms with E-state index in [-0.39, 0.29) is 25.2 Å². The Balaban J connectivity index is 2.49. The number of oxime groups is 1. The van der Waals surface area contributed by atoms with E-state index >= 15 is 0 Å². The van der Waals surface area contributed by atoms with Crippen molar-refractivity contribution in [1.82, 2.24) is 5.32 Å². The second-order valence-electron chi connectivity index (χ2n) is 4.41. The molecule has 0 saturated heterocycles. The predicted molar refractivity (Wildman–Crippen MR) is 57.9 cm³/mol. The fourth-order valence-electron chi connectivity index (χ4n) is 2.08. The summed E-state index contributed by atoms with van der Waals surface area (Å²) in [5.74, 6) is -2.73. The molecule has 0 heterocycles. The van der Waals surface area contributed by atoms with Crippen molar-refractivity contribution < 1.29 is 23.2 Å². The van der Waals surface area contributed by atoms with Gasteiger partial charge in [0, 0.05) is 5.92 Å². The quantitative estimate of drug-likeness (QED) is 0.311. The van der Waals surface area contributed by atoms with Crippen LogP contribution in [0.1, 0.15) is 25.7 Å². The summed E-state index contributed by atoms with van der Waals surface area (Å²) in [4.78, 5) is 11.6. The summed E-state index contributed by atoms with van der Waals surface area (Å²) >= 11 is 0. The van der Waals surface area contributed by atoms with Crippen molar-refractivity contribution in [1.29, 1.82) is 0 Å². The summed E-state index contributed by atoms with van der Waals surface area (Å²) in [6.45, 7) is -0.164. The van der Waals surface area contributed by atoms with Gasteiger partial charge < -0.3 is 16.3 Å². The standard InChI is InChI=1S/C10H16F3N3O2/c11-10(12,13)7-3-1-2-6(4-7)9(17)15-5-8(14)16-18/h6-7,18H,1-5H2,(H2,14,16)(H,15,17). The molecule has 0 radical (unpaired) electrons. The molecule has 0 aromatic carbocycles. The van der Waals surface area contributed by atoms with Crippen molar-refractivity contribution in [3.63, 3.8) is 0 Å². The Labute approximate surface area is 102 Å². The van der Waals surface area contributed by atoms with Crippen molar-refractivity contribution in [3.05, 3.63) is 0 Å². The summed E-state index contributed by atoms with van der Waals surface area (Å²) in [6, 6.07) is 0. The number of carbonyl (C=O) groups is 1. The number of amidine groups is 1. The molecule has 0 aromatic rings. The average Bonchev–Trinajstić information content (AvgIpc) is 2.34. The first kappa shape index (κ1) is 14.6. The van der Waals surface area contributed by atoms with Gasteiger partial charge >= 0.3 is 6.18 Å². The highest BCUT2D eigenvalue weighted by Crippen LogP contribution is 2.39. The molecule has 1 fully saturated rings. The molecule has 0 aromatic heterocycles. The highest BCUT2D eigenvalue weighted by Gasteiger charge is 2.43. The van der Waals surface area contributed by atoms with Crippen molar-refractivity contribution in [3.8, 4) is 0 Å². The van der Waals surface area contributed by atoms with E-state index < -0.39 is 23.9 Å². The molecule has 1 amide bonds. The molecular formula is C10H16F3N3O2. The van der Waals surface area contributed by atoms with Crippen LogP contribution >= 0.6 is 0 Å². The number of nitrogens with two attached hydrogens (primary N) is 1. The summed E-state index contributed by atoms with van der Waals surface area (Å²) in [5, 5.41) is 13.3. The van der Waals surface area contributed by atoms with Crippen LogP contribution in [0.15, 0.2) is 5.16 Å². The Morgan fingerprint density at radius 1 is 1.44 bits per heavy atom. The van der Waals surface area contributed by atoms with Crippen LogP contribution in [0.5, 0.6) is 0 Å². The molecular weight excluding hydrogens is 251 g/mol. The highest BCUT2D eigenvalue weighted by molar-refractivity contribution is 5.87. The Morgan fingerprint density at radius 3 is 2.67 bits per heavy atom. The van der Waals surface area contributed by atoms with Gasteiger partial charge in [-0.3, -0.25) is 4.79 Å². The fraction of sp³-hybridized carbons (Fsp3) is 0.800. The number of hydrogen-bond acceptors (Lipinski definition) is 3. The molecule has 8 heteroatoms. The average molecular weight is 267 g/mol. The predicted octanol–water partition coefficient (Wildman–Crippen LogP) is 1.22. The largest absolute Gasteiger partial charge is 0.409 e. The van der Waals surface area contributed by atoms with Crippen LogP contribution in [-0.2, 0) is 4.79 Å². The fourth-order valence-corrected chi connectivity index (χ4v) is 2.08. The summed E-state index contributed by atoms with van der Waals surface area (Å²) in [7, 11) is 0. The van der Waals surface area contributed by atoms with Crippen LogP contribution < -0.4 is 11.1 Å². The van der Waals surface area contributed by atoms with E-state index in [1.54, 1.807) is 0 Å². The van der Waals surface area contributed by atoms with Crippen molar-refractivity contribution in [2.45, 2.75) is 31.9 Å². The van der Waals surface area contributed by atoms with E-state index in [0.29, 0.717) is 12.8 Å². The van der Waals surface area contributed by atoms with Gasteiger partial charge in [0.2, 0.25) is 5.91 Å². The van der Waals surface area contributed by atoms with Gasteiger partial charge in [-0.1, -0.05) is 11.6 Å². The lowest BCUT2D eigenvalue weighted by atomic mass is 9.80. The Kier molecular flexibility index (Phi) is 4.80. The Bertz CT molecular complexity index is 331. The van der Waals surface area contributed by atoms with Gasteiger partial charge in [0.25, 0.3) is 0 Å². The molecule has 0 bridgehead atoms. The smallest absolute Gasteiger partial charge is 0.391 e. The third-order valence-corrected chi connectivity index (χ3v) is 3.08. The summed E-state index contributed by atoms with van der Waals surface area (Å²) in [5.41, 5.74) is 5.15. The number of nitrogens with zero attached hydrogens (tertiary/aromatic N) is 1. The van der Waals surface area contributed by atoms with E-state index in [0.717, 1.165) is 0 Å². The lowest BCUT2D eigenvalue weighted by molar-refractivity contribution is -0.186. The second kappa shape index (κ2) is 5.92. The van der Waals surface area contributed by atoms with Crippen LogP contribution in [0.2, 0.25) is 0 Å². The zero-order valence-electron chi connectivity index (χ0n) is 9.70. The van der Waals surface area contributed by atoms with Gasteiger partial charge in [-0.15, -0.1) is 0 Å². The number of hydrogen-bond donors (Lipinski definition) is 3. The molecule has 1 aliphatic carbocycles. The van der Waals surface area contributed by atoms with Gasteiger partial charge in [0.15, 0.2) is 5.84 Å². The molecule has 0 spiro atoms. The number of carbonyl (C=O) groups excluding carboxylic acids is 1. The van der Waals surface area contributed by atoms with Gasteiger partial charge in [0.1, 0.15) is 0 Å². The molecule has 18 heavy (non-hydrogen) atoms.